The van der Waals surface area contributed by atoms with E-state index in [1.165, 1.54) is 16.8 Å². The lowest BCUT2D eigenvalue weighted by molar-refractivity contribution is 0.0591. The van der Waals surface area contributed by atoms with Gasteiger partial charge in [0, 0.05) is 37.0 Å². The van der Waals surface area contributed by atoms with Gasteiger partial charge in [0.15, 0.2) is 11.4 Å². The summed E-state index contributed by atoms with van der Waals surface area (Å²) in [6.45, 7) is 4.14. The first-order valence-corrected chi connectivity index (χ1v) is 10.2. The molecule has 1 fully saturated rings. The molecular formula is C22H23F2N3O4. The number of nitrogens with zero attached hydrogens (tertiary/aromatic N) is 2. The molecule has 164 valence electrons. The number of aromatic nitrogens is 1. The van der Waals surface area contributed by atoms with Crippen molar-refractivity contribution in [2.45, 2.75) is 45.3 Å². The van der Waals surface area contributed by atoms with Crippen molar-refractivity contribution in [2.24, 2.45) is 5.92 Å². The fourth-order valence-corrected chi connectivity index (χ4v) is 4.39. The van der Waals surface area contributed by atoms with Crippen molar-refractivity contribution in [1.29, 1.82) is 0 Å². The third-order valence-corrected chi connectivity index (χ3v) is 6.34. The number of amides is 2. The zero-order valence-electron chi connectivity index (χ0n) is 17.2. The predicted molar refractivity (Wildman–Crippen MR) is 108 cm³/mol. The fraction of sp³-hybridized carbons (Fsp3) is 0.409. The van der Waals surface area contributed by atoms with Gasteiger partial charge in [-0.3, -0.25) is 14.4 Å². The molecule has 3 heterocycles. The van der Waals surface area contributed by atoms with Crippen molar-refractivity contribution < 1.29 is 23.5 Å². The SMILES string of the molecule is CC1CCC(C)N2CC1n1cc(C(=O)NCc3ccc(F)cc3F)c(=O)c(O)c1C2=O. The lowest BCUT2D eigenvalue weighted by Gasteiger charge is -2.38. The molecule has 1 aromatic carbocycles. The lowest BCUT2D eigenvalue weighted by atomic mass is 9.95. The number of carbonyl (C=O) groups is 2. The maximum atomic E-state index is 13.8. The molecule has 1 saturated heterocycles. The number of benzene rings is 1. The second-order valence-corrected chi connectivity index (χ2v) is 8.32. The topological polar surface area (TPSA) is 91.6 Å². The second kappa shape index (κ2) is 7.79. The Morgan fingerprint density at radius 3 is 2.68 bits per heavy atom. The number of nitrogens with one attached hydrogen (secondary N) is 1. The first-order valence-electron chi connectivity index (χ1n) is 10.2. The molecule has 0 radical (unpaired) electrons. The summed E-state index contributed by atoms with van der Waals surface area (Å²) < 4.78 is 28.4. The van der Waals surface area contributed by atoms with Crippen LogP contribution in [0.5, 0.6) is 5.75 Å². The summed E-state index contributed by atoms with van der Waals surface area (Å²) in [7, 11) is 0. The second-order valence-electron chi connectivity index (χ2n) is 8.32. The highest BCUT2D eigenvalue weighted by Crippen LogP contribution is 2.37. The van der Waals surface area contributed by atoms with Crippen LogP contribution in [0.25, 0.3) is 0 Å². The zero-order valence-corrected chi connectivity index (χ0v) is 17.2. The number of carbonyl (C=O) groups excluding carboxylic acids is 2. The molecule has 2 amide bonds. The van der Waals surface area contributed by atoms with Crippen LogP contribution in [0, 0.1) is 17.6 Å². The molecule has 2 aliphatic heterocycles. The highest BCUT2D eigenvalue weighted by atomic mass is 19.1. The Labute approximate surface area is 177 Å². The van der Waals surface area contributed by atoms with Crippen LogP contribution in [-0.4, -0.2) is 39.0 Å². The first kappa shape index (κ1) is 21.0. The molecule has 31 heavy (non-hydrogen) atoms. The van der Waals surface area contributed by atoms with Crippen molar-refractivity contribution >= 4 is 11.8 Å². The molecule has 0 aliphatic carbocycles. The van der Waals surface area contributed by atoms with Crippen LogP contribution in [0.2, 0.25) is 0 Å². The van der Waals surface area contributed by atoms with Gasteiger partial charge in [-0.2, -0.15) is 0 Å². The summed E-state index contributed by atoms with van der Waals surface area (Å²) in [5, 5.41) is 13.0. The normalized spacial score (nSPS) is 22.6. The molecule has 0 saturated carbocycles. The van der Waals surface area contributed by atoms with Crippen LogP contribution in [0.3, 0.4) is 0 Å². The molecule has 2 aliphatic rings. The monoisotopic (exact) mass is 431 g/mol. The van der Waals surface area contributed by atoms with Gasteiger partial charge in [0.05, 0.1) is 6.04 Å². The molecule has 1 aromatic heterocycles. The lowest BCUT2D eigenvalue weighted by Crippen LogP contribution is -2.48. The van der Waals surface area contributed by atoms with Crippen LogP contribution in [0.1, 0.15) is 59.1 Å². The summed E-state index contributed by atoms with van der Waals surface area (Å²) in [4.78, 5) is 40.0. The Hall–Kier alpha value is -3.23. The molecule has 2 aromatic rings. The molecule has 2 bridgehead atoms. The van der Waals surface area contributed by atoms with Crippen LogP contribution in [0.15, 0.2) is 29.2 Å². The molecule has 3 atom stereocenters. The molecule has 0 spiro atoms. The van der Waals surface area contributed by atoms with Gasteiger partial charge in [0.1, 0.15) is 17.2 Å². The van der Waals surface area contributed by atoms with E-state index < -0.39 is 34.6 Å². The number of rotatable bonds is 3. The molecule has 4 rings (SSSR count). The van der Waals surface area contributed by atoms with Crippen molar-refractivity contribution in [2.75, 3.05) is 6.54 Å². The Kier molecular flexibility index (Phi) is 5.28. The molecule has 9 heteroatoms. The number of aromatic hydroxyl groups is 1. The largest absolute Gasteiger partial charge is 0.503 e. The van der Waals surface area contributed by atoms with E-state index in [4.69, 9.17) is 0 Å². The van der Waals surface area contributed by atoms with Gasteiger partial charge in [0.25, 0.3) is 11.8 Å². The van der Waals surface area contributed by atoms with Gasteiger partial charge >= 0.3 is 0 Å². The van der Waals surface area contributed by atoms with Gasteiger partial charge in [0.2, 0.25) is 5.43 Å². The minimum absolute atomic E-state index is 0.0169. The van der Waals surface area contributed by atoms with E-state index in [9.17, 15) is 28.3 Å². The fourth-order valence-electron chi connectivity index (χ4n) is 4.39. The summed E-state index contributed by atoms with van der Waals surface area (Å²) in [5.41, 5.74) is -1.36. The van der Waals surface area contributed by atoms with Gasteiger partial charge < -0.3 is 19.9 Å². The minimum atomic E-state index is -0.961. The smallest absolute Gasteiger partial charge is 0.274 e. The summed E-state index contributed by atoms with van der Waals surface area (Å²) >= 11 is 0. The molecular weight excluding hydrogens is 408 g/mol. The Balaban J connectivity index is 1.69. The van der Waals surface area contributed by atoms with Gasteiger partial charge in [-0.25, -0.2) is 8.78 Å². The summed E-state index contributed by atoms with van der Waals surface area (Å²) in [6.07, 6.45) is 2.97. The number of pyridine rings is 1. The van der Waals surface area contributed by atoms with E-state index in [1.54, 1.807) is 4.90 Å². The van der Waals surface area contributed by atoms with Gasteiger partial charge in [-0.15, -0.1) is 0 Å². The van der Waals surface area contributed by atoms with Crippen LogP contribution in [0.4, 0.5) is 8.78 Å². The number of hydrogen-bond donors (Lipinski definition) is 2. The highest BCUT2D eigenvalue weighted by molar-refractivity contribution is 5.99. The average molecular weight is 431 g/mol. The predicted octanol–water partition coefficient (Wildman–Crippen LogP) is 2.58. The van der Waals surface area contributed by atoms with Crippen molar-refractivity contribution in [1.82, 2.24) is 14.8 Å². The van der Waals surface area contributed by atoms with Crippen molar-refractivity contribution in [3.8, 4) is 5.75 Å². The quantitative estimate of drug-likeness (QED) is 0.782. The van der Waals surface area contributed by atoms with E-state index in [0.717, 1.165) is 18.9 Å². The average Bonchev–Trinajstić information content (AvgIpc) is 2.85. The van der Waals surface area contributed by atoms with Crippen molar-refractivity contribution in [3.05, 3.63) is 63.1 Å². The van der Waals surface area contributed by atoms with E-state index in [2.05, 4.69) is 5.32 Å². The third kappa shape index (κ3) is 3.58. The molecule has 7 nitrogen and oxygen atoms in total. The summed E-state index contributed by atoms with van der Waals surface area (Å²) in [6, 6.07) is 2.76. The van der Waals surface area contributed by atoms with Gasteiger partial charge in [-0.1, -0.05) is 13.0 Å². The summed E-state index contributed by atoms with van der Waals surface area (Å²) in [5.74, 6) is -3.42. The maximum Gasteiger partial charge on any atom is 0.274 e. The van der Waals surface area contributed by atoms with E-state index in [1.807, 2.05) is 13.8 Å². The molecule has 3 unspecified atom stereocenters. The third-order valence-electron chi connectivity index (χ3n) is 6.34. The van der Waals surface area contributed by atoms with E-state index >= 15 is 0 Å². The number of hydrogen-bond acceptors (Lipinski definition) is 4. The Morgan fingerprint density at radius 1 is 1.23 bits per heavy atom. The zero-order chi connectivity index (χ0) is 22.4. The van der Waals surface area contributed by atoms with Crippen LogP contribution >= 0.6 is 0 Å². The number of halogens is 2. The maximum absolute atomic E-state index is 13.8. The van der Waals surface area contributed by atoms with Gasteiger partial charge in [-0.05, 0) is 31.7 Å². The Bertz CT molecular complexity index is 1130. The minimum Gasteiger partial charge on any atom is -0.503 e. The number of fused-ring (bicyclic) bond motifs is 4. The first-order chi connectivity index (χ1) is 14.7. The van der Waals surface area contributed by atoms with Crippen LogP contribution < -0.4 is 10.7 Å². The van der Waals surface area contributed by atoms with E-state index in [-0.39, 0.29) is 41.4 Å². The Morgan fingerprint density at radius 2 is 1.97 bits per heavy atom. The standard InChI is InChI=1S/C22H23F2N3O4/c1-11-3-4-12(2)26-10-17(11)27-9-15(19(28)20(29)18(27)22(26)31)21(30)25-8-13-5-6-14(23)7-16(13)24/h5-7,9,11-12,17,29H,3-4,8,10H2,1-2H3,(H,25,30). The van der Waals surface area contributed by atoms with E-state index in [0.29, 0.717) is 12.6 Å². The molecule has 2 N–H and O–H groups in total. The highest BCUT2D eigenvalue weighted by Gasteiger charge is 2.41. The van der Waals surface area contributed by atoms with Crippen molar-refractivity contribution in [3.63, 3.8) is 0 Å². The van der Waals surface area contributed by atoms with Crippen LogP contribution in [-0.2, 0) is 6.54 Å².